The van der Waals surface area contributed by atoms with E-state index in [1.165, 1.54) is 12.4 Å². The normalized spacial score (nSPS) is 14.4. The maximum atomic E-state index is 11.7. The van der Waals surface area contributed by atoms with Crippen molar-refractivity contribution in [2.24, 2.45) is 11.7 Å². The number of anilines is 2. The zero-order valence-electron chi connectivity index (χ0n) is 12.8. The molecular formula is C16H15N7O. The fourth-order valence-electron chi connectivity index (χ4n) is 2.59. The molecule has 1 aliphatic carbocycles. The van der Waals surface area contributed by atoms with Gasteiger partial charge in [-0.3, -0.25) is 14.5 Å². The summed E-state index contributed by atoms with van der Waals surface area (Å²) in [6.07, 6.45) is 6.97. The molecule has 0 aliphatic heterocycles. The quantitative estimate of drug-likeness (QED) is 0.834. The van der Waals surface area contributed by atoms with Crippen molar-refractivity contribution in [2.45, 2.75) is 25.3 Å². The summed E-state index contributed by atoms with van der Waals surface area (Å²) < 4.78 is 1.64. The van der Waals surface area contributed by atoms with Crippen LogP contribution >= 0.6 is 0 Å². The minimum atomic E-state index is -0.611. The highest BCUT2D eigenvalue weighted by atomic mass is 16.1. The Kier molecular flexibility index (Phi) is 4.13. The first-order chi connectivity index (χ1) is 11.6. The molecule has 2 heterocycles. The van der Waals surface area contributed by atoms with E-state index in [4.69, 9.17) is 16.3 Å². The van der Waals surface area contributed by atoms with Gasteiger partial charge in [0.15, 0.2) is 5.82 Å². The first-order valence-corrected chi connectivity index (χ1v) is 7.50. The average molecular weight is 321 g/mol. The highest BCUT2D eigenvalue weighted by molar-refractivity contribution is 5.98. The van der Waals surface area contributed by atoms with E-state index >= 15 is 0 Å². The molecule has 8 nitrogen and oxygen atoms in total. The SMILES string of the molecule is N#CCC(C1CC1)n1cc(C(N)=O)c(Nc2cncc(C#N)c2)n1. The maximum Gasteiger partial charge on any atom is 0.254 e. The lowest BCUT2D eigenvalue weighted by Gasteiger charge is -2.12. The number of carbonyl (C=O) groups excluding carboxylic acids is 1. The second kappa shape index (κ2) is 6.39. The lowest BCUT2D eigenvalue weighted by atomic mass is 10.1. The number of carbonyl (C=O) groups is 1. The molecule has 1 aliphatic rings. The van der Waals surface area contributed by atoms with Gasteiger partial charge in [0.05, 0.1) is 36.0 Å². The van der Waals surface area contributed by atoms with Gasteiger partial charge in [-0.1, -0.05) is 0 Å². The van der Waals surface area contributed by atoms with E-state index in [-0.39, 0.29) is 11.6 Å². The number of primary amides is 1. The Hall–Kier alpha value is -3.39. The van der Waals surface area contributed by atoms with Crippen LogP contribution in [0.4, 0.5) is 11.5 Å². The number of amides is 1. The maximum absolute atomic E-state index is 11.7. The Balaban J connectivity index is 1.93. The van der Waals surface area contributed by atoms with Gasteiger partial charge in [0, 0.05) is 12.4 Å². The molecule has 3 rings (SSSR count). The van der Waals surface area contributed by atoms with Crippen LogP contribution in [0.15, 0.2) is 24.7 Å². The van der Waals surface area contributed by atoms with Gasteiger partial charge in [-0.15, -0.1) is 0 Å². The lowest BCUT2D eigenvalue weighted by Crippen LogP contribution is -2.12. The number of nitriles is 2. The number of nitrogens with one attached hydrogen (secondary N) is 1. The number of hydrogen-bond acceptors (Lipinski definition) is 6. The van der Waals surface area contributed by atoms with Gasteiger partial charge in [0.25, 0.3) is 5.91 Å². The van der Waals surface area contributed by atoms with Crippen molar-refractivity contribution < 1.29 is 4.79 Å². The molecule has 0 bridgehead atoms. The molecule has 0 spiro atoms. The topological polar surface area (TPSA) is 133 Å². The molecule has 1 fully saturated rings. The van der Waals surface area contributed by atoms with Crippen LogP contribution in [-0.2, 0) is 0 Å². The van der Waals surface area contributed by atoms with E-state index in [0.717, 1.165) is 12.8 Å². The fourth-order valence-corrected chi connectivity index (χ4v) is 2.59. The summed E-state index contributed by atoms with van der Waals surface area (Å²) in [5.41, 5.74) is 6.60. The minimum Gasteiger partial charge on any atom is -0.365 e. The predicted molar refractivity (Wildman–Crippen MR) is 85.0 cm³/mol. The lowest BCUT2D eigenvalue weighted by molar-refractivity contribution is 0.100. The summed E-state index contributed by atoms with van der Waals surface area (Å²) in [6.45, 7) is 0. The molecule has 1 amide bonds. The van der Waals surface area contributed by atoms with Crippen LogP contribution in [0.5, 0.6) is 0 Å². The third-order valence-electron chi connectivity index (χ3n) is 3.93. The summed E-state index contributed by atoms with van der Waals surface area (Å²) in [4.78, 5) is 15.7. The molecule has 2 aromatic heterocycles. The zero-order chi connectivity index (χ0) is 17.1. The van der Waals surface area contributed by atoms with Crippen molar-refractivity contribution in [2.75, 3.05) is 5.32 Å². The molecule has 0 saturated heterocycles. The highest BCUT2D eigenvalue weighted by Crippen LogP contribution is 2.41. The van der Waals surface area contributed by atoms with Crippen molar-refractivity contribution in [1.82, 2.24) is 14.8 Å². The molecule has 1 unspecified atom stereocenters. The molecule has 1 atom stereocenters. The number of rotatable bonds is 6. The fraction of sp³-hybridized carbons (Fsp3) is 0.312. The van der Waals surface area contributed by atoms with Gasteiger partial charge >= 0.3 is 0 Å². The van der Waals surface area contributed by atoms with Crippen LogP contribution in [0, 0.1) is 28.6 Å². The van der Waals surface area contributed by atoms with E-state index in [1.54, 1.807) is 16.9 Å². The van der Waals surface area contributed by atoms with E-state index in [9.17, 15) is 4.79 Å². The van der Waals surface area contributed by atoms with E-state index in [0.29, 0.717) is 29.4 Å². The third-order valence-corrected chi connectivity index (χ3v) is 3.93. The molecule has 0 radical (unpaired) electrons. The largest absolute Gasteiger partial charge is 0.365 e. The Labute approximate surface area is 138 Å². The summed E-state index contributed by atoms with van der Waals surface area (Å²) in [6, 6.07) is 5.70. The molecule has 24 heavy (non-hydrogen) atoms. The molecule has 1 saturated carbocycles. The summed E-state index contributed by atoms with van der Waals surface area (Å²) in [7, 11) is 0. The molecule has 120 valence electrons. The summed E-state index contributed by atoms with van der Waals surface area (Å²) in [5.74, 6) is 0.0874. The van der Waals surface area contributed by atoms with Gasteiger partial charge < -0.3 is 11.1 Å². The monoisotopic (exact) mass is 321 g/mol. The van der Waals surface area contributed by atoms with Crippen LogP contribution in [0.1, 0.15) is 41.2 Å². The highest BCUT2D eigenvalue weighted by Gasteiger charge is 2.33. The first-order valence-electron chi connectivity index (χ1n) is 7.50. The van der Waals surface area contributed by atoms with Crippen molar-refractivity contribution in [3.63, 3.8) is 0 Å². The zero-order valence-corrected chi connectivity index (χ0v) is 12.8. The van der Waals surface area contributed by atoms with Gasteiger partial charge in [-0.2, -0.15) is 15.6 Å². The summed E-state index contributed by atoms with van der Waals surface area (Å²) in [5, 5.41) is 25.3. The Bertz CT molecular complexity index is 854. The molecular weight excluding hydrogens is 306 g/mol. The van der Waals surface area contributed by atoms with E-state index < -0.39 is 5.91 Å². The van der Waals surface area contributed by atoms with Crippen molar-refractivity contribution in [3.8, 4) is 12.1 Å². The van der Waals surface area contributed by atoms with Crippen LogP contribution in [0.2, 0.25) is 0 Å². The molecule has 2 aromatic rings. The van der Waals surface area contributed by atoms with Crippen LogP contribution < -0.4 is 11.1 Å². The van der Waals surface area contributed by atoms with Gasteiger partial charge in [0.2, 0.25) is 0 Å². The first kappa shape index (κ1) is 15.5. The standard InChI is InChI=1S/C16H15N7O/c17-4-3-14(11-1-2-11)23-9-13(15(19)24)16(22-23)21-12-5-10(6-18)7-20-8-12/h5,7-9,11,14H,1-3H2,(H2,19,24)(H,21,22). The number of nitrogens with zero attached hydrogens (tertiary/aromatic N) is 5. The van der Waals surface area contributed by atoms with Gasteiger partial charge in [-0.05, 0) is 24.8 Å². The second-order valence-corrected chi connectivity index (χ2v) is 5.70. The average Bonchev–Trinajstić information content (AvgIpc) is 3.33. The predicted octanol–water partition coefficient (Wildman–Crippen LogP) is 1.86. The van der Waals surface area contributed by atoms with Crippen LogP contribution in [0.3, 0.4) is 0 Å². The number of hydrogen-bond donors (Lipinski definition) is 2. The molecule has 3 N–H and O–H groups in total. The Morgan fingerprint density at radius 1 is 1.46 bits per heavy atom. The smallest absolute Gasteiger partial charge is 0.254 e. The van der Waals surface area contributed by atoms with Crippen LogP contribution in [-0.4, -0.2) is 20.7 Å². The Morgan fingerprint density at radius 3 is 2.88 bits per heavy atom. The van der Waals surface area contributed by atoms with E-state index in [2.05, 4.69) is 21.5 Å². The van der Waals surface area contributed by atoms with Crippen molar-refractivity contribution in [1.29, 1.82) is 10.5 Å². The third kappa shape index (κ3) is 3.18. The van der Waals surface area contributed by atoms with Gasteiger partial charge in [0.1, 0.15) is 11.6 Å². The van der Waals surface area contributed by atoms with Crippen molar-refractivity contribution >= 4 is 17.4 Å². The summed E-state index contributed by atoms with van der Waals surface area (Å²) >= 11 is 0. The second-order valence-electron chi connectivity index (χ2n) is 5.70. The number of pyridine rings is 1. The minimum absolute atomic E-state index is 0.0628. The van der Waals surface area contributed by atoms with Gasteiger partial charge in [-0.25, -0.2) is 0 Å². The van der Waals surface area contributed by atoms with Crippen molar-refractivity contribution in [3.05, 3.63) is 35.8 Å². The Morgan fingerprint density at radius 2 is 2.25 bits per heavy atom. The molecule has 0 aromatic carbocycles. The van der Waals surface area contributed by atoms with Crippen LogP contribution in [0.25, 0.3) is 0 Å². The molecule has 8 heteroatoms. The van der Waals surface area contributed by atoms with E-state index in [1.807, 2.05) is 6.07 Å². The number of aromatic nitrogens is 3. The number of nitrogens with two attached hydrogens (primary N) is 1.